The van der Waals surface area contributed by atoms with Crippen molar-refractivity contribution in [3.05, 3.63) is 40.1 Å². The van der Waals surface area contributed by atoms with E-state index < -0.39 is 10.0 Å². The number of benzene rings is 1. The minimum Gasteiger partial charge on any atom is -0.276 e. The Labute approximate surface area is 121 Å². The highest BCUT2D eigenvalue weighted by Gasteiger charge is 2.20. The van der Waals surface area contributed by atoms with Crippen LogP contribution in [-0.2, 0) is 17.1 Å². The van der Waals surface area contributed by atoms with E-state index in [1.165, 1.54) is 24.4 Å². The zero-order valence-electron chi connectivity index (χ0n) is 10.2. The molecular formula is C11H11Cl2N3O2S. The SMILES string of the molecule is Cc1c(NS(=O)(=O)c2cc(Cl)ccc2Cl)cnn1C. The quantitative estimate of drug-likeness (QED) is 0.946. The predicted octanol–water partition coefficient (Wildman–Crippen LogP) is 2.84. The molecule has 0 aliphatic heterocycles. The van der Waals surface area contributed by atoms with Crippen molar-refractivity contribution in [1.29, 1.82) is 0 Å². The third-order valence-corrected chi connectivity index (χ3v) is 4.74. The van der Waals surface area contributed by atoms with Gasteiger partial charge in [-0.2, -0.15) is 5.10 Å². The fourth-order valence-corrected chi connectivity index (χ4v) is 3.35. The summed E-state index contributed by atoms with van der Waals surface area (Å²) in [4.78, 5) is -0.0649. The van der Waals surface area contributed by atoms with Crippen molar-refractivity contribution in [1.82, 2.24) is 9.78 Å². The Balaban J connectivity index is 2.43. The summed E-state index contributed by atoms with van der Waals surface area (Å²) in [6, 6.07) is 4.27. The summed E-state index contributed by atoms with van der Waals surface area (Å²) < 4.78 is 28.5. The molecule has 1 aromatic heterocycles. The van der Waals surface area contributed by atoms with Gasteiger partial charge in [0.25, 0.3) is 10.0 Å². The number of sulfonamides is 1. The molecule has 19 heavy (non-hydrogen) atoms. The molecule has 0 saturated heterocycles. The maximum Gasteiger partial charge on any atom is 0.263 e. The highest BCUT2D eigenvalue weighted by molar-refractivity contribution is 7.92. The van der Waals surface area contributed by atoms with Crippen LogP contribution < -0.4 is 4.72 Å². The van der Waals surface area contributed by atoms with E-state index in [0.29, 0.717) is 16.4 Å². The van der Waals surface area contributed by atoms with Crippen LogP contribution in [0.25, 0.3) is 0 Å². The molecular weight excluding hydrogens is 309 g/mol. The van der Waals surface area contributed by atoms with Gasteiger partial charge in [0.2, 0.25) is 0 Å². The van der Waals surface area contributed by atoms with Crippen molar-refractivity contribution in [3.63, 3.8) is 0 Å². The smallest absolute Gasteiger partial charge is 0.263 e. The van der Waals surface area contributed by atoms with Crippen molar-refractivity contribution in [2.24, 2.45) is 7.05 Å². The molecule has 102 valence electrons. The number of halogens is 2. The molecule has 2 rings (SSSR count). The van der Waals surface area contributed by atoms with E-state index in [1.54, 1.807) is 18.7 Å². The molecule has 0 aliphatic carbocycles. The fourth-order valence-electron chi connectivity index (χ4n) is 1.48. The topological polar surface area (TPSA) is 64.0 Å². The maximum atomic E-state index is 12.2. The van der Waals surface area contributed by atoms with Gasteiger partial charge in [-0.1, -0.05) is 23.2 Å². The Morgan fingerprint density at radius 3 is 2.58 bits per heavy atom. The lowest BCUT2D eigenvalue weighted by Crippen LogP contribution is -2.14. The monoisotopic (exact) mass is 319 g/mol. The number of nitrogens with zero attached hydrogens (tertiary/aromatic N) is 2. The first-order chi connectivity index (χ1) is 8.81. The fraction of sp³-hybridized carbons (Fsp3) is 0.182. The molecule has 8 heteroatoms. The molecule has 2 aromatic rings. The van der Waals surface area contributed by atoms with Gasteiger partial charge in [0.05, 0.1) is 22.6 Å². The molecule has 5 nitrogen and oxygen atoms in total. The Bertz CT molecular complexity index is 726. The zero-order valence-corrected chi connectivity index (χ0v) is 12.5. The van der Waals surface area contributed by atoms with Crippen LogP contribution in [0, 0.1) is 6.92 Å². The van der Waals surface area contributed by atoms with Crippen LogP contribution in [0.2, 0.25) is 10.0 Å². The van der Waals surface area contributed by atoms with Crippen molar-refractivity contribution >= 4 is 38.9 Å². The minimum atomic E-state index is -3.80. The molecule has 1 heterocycles. The lowest BCUT2D eigenvalue weighted by molar-refractivity contribution is 0.601. The number of nitrogens with one attached hydrogen (secondary N) is 1. The van der Waals surface area contributed by atoms with Crippen molar-refractivity contribution in [2.45, 2.75) is 11.8 Å². The molecule has 0 bridgehead atoms. The van der Waals surface area contributed by atoms with Crippen LogP contribution in [0.3, 0.4) is 0 Å². The van der Waals surface area contributed by atoms with Crippen LogP contribution in [0.15, 0.2) is 29.3 Å². The van der Waals surface area contributed by atoms with Gasteiger partial charge in [-0.3, -0.25) is 9.40 Å². The van der Waals surface area contributed by atoms with Gasteiger partial charge in [0.15, 0.2) is 0 Å². The van der Waals surface area contributed by atoms with Crippen LogP contribution in [0.5, 0.6) is 0 Å². The van der Waals surface area contributed by atoms with Gasteiger partial charge in [0, 0.05) is 12.1 Å². The number of hydrogen-bond donors (Lipinski definition) is 1. The first-order valence-electron chi connectivity index (χ1n) is 5.28. The summed E-state index contributed by atoms with van der Waals surface area (Å²) in [6.45, 7) is 1.75. The summed E-state index contributed by atoms with van der Waals surface area (Å²) in [6.07, 6.45) is 1.44. The maximum absolute atomic E-state index is 12.2. The average molecular weight is 320 g/mol. The Kier molecular flexibility index (Phi) is 3.75. The zero-order chi connectivity index (χ0) is 14.2. The average Bonchev–Trinajstić information content (AvgIpc) is 2.63. The molecule has 0 fully saturated rings. The Morgan fingerprint density at radius 1 is 1.32 bits per heavy atom. The van der Waals surface area contributed by atoms with E-state index >= 15 is 0 Å². The molecule has 0 amide bonds. The predicted molar refractivity (Wildman–Crippen MR) is 75.2 cm³/mol. The van der Waals surface area contributed by atoms with Gasteiger partial charge in [-0.15, -0.1) is 0 Å². The molecule has 0 saturated carbocycles. The Hall–Kier alpha value is -1.24. The second-order valence-corrected chi connectivity index (χ2v) is 6.44. The molecule has 0 radical (unpaired) electrons. The highest BCUT2D eigenvalue weighted by atomic mass is 35.5. The molecule has 0 unspecified atom stereocenters. The van der Waals surface area contributed by atoms with Gasteiger partial charge >= 0.3 is 0 Å². The first-order valence-corrected chi connectivity index (χ1v) is 7.51. The van der Waals surface area contributed by atoms with E-state index in [4.69, 9.17) is 23.2 Å². The molecule has 0 aliphatic rings. The standard InChI is InChI=1S/C11H11Cl2N3O2S/c1-7-10(6-14-16(7)2)15-19(17,18)11-5-8(12)3-4-9(11)13/h3-6,15H,1-2H3. The van der Waals surface area contributed by atoms with Gasteiger partial charge in [0.1, 0.15) is 4.90 Å². The van der Waals surface area contributed by atoms with Crippen LogP contribution >= 0.6 is 23.2 Å². The first kappa shape index (κ1) is 14.2. The van der Waals surface area contributed by atoms with E-state index in [1.807, 2.05) is 0 Å². The van der Waals surface area contributed by atoms with Crippen molar-refractivity contribution in [2.75, 3.05) is 4.72 Å². The normalized spacial score (nSPS) is 11.6. The molecule has 1 aromatic carbocycles. The number of aromatic nitrogens is 2. The van der Waals surface area contributed by atoms with Crippen LogP contribution in [0.1, 0.15) is 5.69 Å². The van der Waals surface area contributed by atoms with E-state index in [9.17, 15) is 8.42 Å². The number of rotatable bonds is 3. The summed E-state index contributed by atoms with van der Waals surface area (Å²) in [5.41, 5.74) is 1.10. The third kappa shape index (κ3) is 2.86. The lowest BCUT2D eigenvalue weighted by Gasteiger charge is -2.09. The van der Waals surface area contributed by atoms with Gasteiger partial charge in [-0.25, -0.2) is 8.42 Å². The molecule has 0 atom stereocenters. The lowest BCUT2D eigenvalue weighted by atomic mass is 10.4. The summed E-state index contributed by atoms with van der Waals surface area (Å²) in [7, 11) is -2.07. The minimum absolute atomic E-state index is 0.0649. The number of anilines is 1. The molecule has 0 spiro atoms. The third-order valence-electron chi connectivity index (χ3n) is 2.66. The largest absolute Gasteiger partial charge is 0.276 e. The Morgan fingerprint density at radius 2 is 2.00 bits per heavy atom. The second kappa shape index (κ2) is 5.03. The van der Waals surface area contributed by atoms with E-state index in [-0.39, 0.29) is 9.92 Å². The second-order valence-electron chi connectivity index (χ2n) is 3.95. The van der Waals surface area contributed by atoms with Crippen LogP contribution in [-0.4, -0.2) is 18.2 Å². The summed E-state index contributed by atoms with van der Waals surface area (Å²) in [5.74, 6) is 0. The van der Waals surface area contributed by atoms with E-state index in [2.05, 4.69) is 9.82 Å². The van der Waals surface area contributed by atoms with Crippen molar-refractivity contribution in [3.8, 4) is 0 Å². The number of aryl methyl sites for hydroxylation is 1. The molecule has 1 N–H and O–H groups in total. The van der Waals surface area contributed by atoms with Crippen LogP contribution in [0.4, 0.5) is 5.69 Å². The summed E-state index contributed by atoms with van der Waals surface area (Å²) >= 11 is 11.7. The summed E-state index contributed by atoms with van der Waals surface area (Å²) in [5, 5.41) is 4.37. The van der Waals surface area contributed by atoms with Crippen molar-refractivity contribution < 1.29 is 8.42 Å². The van der Waals surface area contributed by atoms with E-state index in [0.717, 1.165) is 0 Å². The number of hydrogen-bond acceptors (Lipinski definition) is 3. The highest BCUT2D eigenvalue weighted by Crippen LogP contribution is 2.27. The van der Waals surface area contributed by atoms with Gasteiger partial charge in [-0.05, 0) is 25.1 Å². The van der Waals surface area contributed by atoms with Gasteiger partial charge < -0.3 is 0 Å².